The number of unbranched alkanes of at least 4 members (excludes halogenated alkanes) is 16. The minimum Gasteiger partial charge on any atom is -0.318 e. The lowest BCUT2D eigenvalue weighted by Crippen LogP contribution is -2.07. The lowest BCUT2D eigenvalue weighted by Gasteiger charge is -2.20. The summed E-state index contributed by atoms with van der Waals surface area (Å²) in [4.78, 5) is 2.28. The summed E-state index contributed by atoms with van der Waals surface area (Å²) < 4.78 is 0. The molecule has 1 nitrogen and oxygen atoms in total. The van der Waals surface area contributed by atoms with Gasteiger partial charge in [-0.3, -0.25) is 0 Å². The van der Waals surface area contributed by atoms with Crippen LogP contribution in [0.2, 0.25) is 0 Å². The third-order valence-corrected chi connectivity index (χ3v) is 6.55. The van der Waals surface area contributed by atoms with E-state index in [0.29, 0.717) is 0 Å². The first-order valence-electron chi connectivity index (χ1n) is 14.0. The van der Waals surface area contributed by atoms with E-state index in [-0.39, 0.29) is 0 Å². The van der Waals surface area contributed by atoms with Gasteiger partial charge in [0.1, 0.15) is 0 Å². The molecule has 0 saturated heterocycles. The normalized spacial score (nSPS) is 11.3. The van der Waals surface area contributed by atoms with Crippen molar-refractivity contribution in [1.29, 1.82) is 0 Å². The molecular weight excluding hydrogens is 398 g/mol. The van der Waals surface area contributed by atoms with Crippen molar-refractivity contribution in [2.24, 2.45) is 0 Å². The highest BCUT2D eigenvalue weighted by Crippen LogP contribution is 2.25. The standard InChI is InChI=1S/C32H49N/c1-2-3-4-5-6-7-8-9-10-11-12-13-14-15-16-17-18-25-30-33(31-26-21-19-22-27-31)32-28-23-20-24-29-32/h19-30H,2-18H2,1H3/b30-25+. The molecule has 0 bridgehead atoms. The van der Waals surface area contributed by atoms with Gasteiger partial charge in [0.2, 0.25) is 0 Å². The molecule has 2 aromatic carbocycles. The first-order valence-corrected chi connectivity index (χ1v) is 14.0. The molecule has 0 unspecified atom stereocenters. The predicted octanol–water partition coefficient (Wildman–Crippen LogP) is 11.0. The first-order chi connectivity index (χ1) is 16.4. The summed E-state index contributed by atoms with van der Waals surface area (Å²) in [5.41, 5.74) is 2.43. The number of rotatable bonds is 20. The van der Waals surface area contributed by atoms with Crippen molar-refractivity contribution in [3.8, 4) is 0 Å². The first kappa shape index (κ1) is 27.2. The summed E-state index contributed by atoms with van der Waals surface area (Å²) in [5.74, 6) is 0. The second-order valence-corrected chi connectivity index (χ2v) is 9.52. The lowest BCUT2D eigenvalue weighted by molar-refractivity contribution is 0.530. The van der Waals surface area contributed by atoms with E-state index in [1.54, 1.807) is 0 Å². The van der Waals surface area contributed by atoms with Gasteiger partial charge in [-0.15, -0.1) is 0 Å². The van der Waals surface area contributed by atoms with Crippen molar-refractivity contribution in [2.45, 2.75) is 116 Å². The molecule has 0 atom stereocenters. The van der Waals surface area contributed by atoms with Crippen LogP contribution in [0, 0.1) is 0 Å². The van der Waals surface area contributed by atoms with E-state index in [1.807, 2.05) is 0 Å². The van der Waals surface area contributed by atoms with Gasteiger partial charge >= 0.3 is 0 Å². The molecule has 2 aromatic rings. The van der Waals surface area contributed by atoms with Crippen LogP contribution in [0.25, 0.3) is 0 Å². The second-order valence-electron chi connectivity index (χ2n) is 9.52. The van der Waals surface area contributed by atoms with Crippen molar-refractivity contribution in [3.05, 3.63) is 72.9 Å². The Hall–Kier alpha value is -2.02. The molecule has 33 heavy (non-hydrogen) atoms. The van der Waals surface area contributed by atoms with Crippen LogP contribution in [0.5, 0.6) is 0 Å². The topological polar surface area (TPSA) is 3.24 Å². The molecule has 0 aliphatic heterocycles. The molecule has 1 heteroatoms. The van der Waals surface area contributed by atoms with Crippen molar-refractivity contribution >= 4 is 11.4 Å². The molecule has 0 aromatic heterocycles. The van der Waals surface area contributed by atoms with Gasteiger partial charge in [0.05, 0.1) is 0 Å². The van der Waals surface area contributed by atoms with Gasteiger partial charge in [-0.25, -0.2) is 0 Å². The van der Waals surface area contributed by atoms with Crippen LogP contribution in [0.15, 0.2) is 72.9 Å². The third kappa shape index (κ3) is 13.3. The van der Waals surface area contributed by atoms with E-state index in [4.69, 9.17) is 0 Å². The molecule has 0 fully saturated rings. The highest BCUT2D eigenvalue weighted by Gasteiger charge is 2.04. The maximum atomic E-state index is 2.34. The summed E-state index contributed by atoms with van der Waals surface area (Å²) in [6.07, 6.45) is 28.6. The molecule has 0 saturated carbocycles. The van der Waals surface area contributed by atoms with Crippen LogP contribution in [-0.2, 0) is 0 Å². The van der Waals surface area contributed by atoms with E-state index in [1.165, 1.54) is 114 Å². The van der Waals surface area contributed by atoms with E-state index in [2.05, 4.69) is 84.8 Å². The van der Waals surface area contributed by atoms with E-state index < -0.39 is 0 Å². The summed E-state index contributed by atoms with van der Waals surface area (Å²) in [6.45, 7) is 2.30. The number of nitrogens with zero attached hydrogens (tertiary/aromatic N) is 1. The molecule has 0 N–H and O–H groups in total. The summed E-state index contributed by atoms with van der Waals surface area (Å²) in [6, 6.07) is 21.3. The van der Waals surface area contributed by atoms with E-state index >= 15 is 0 Å². The fourth-order valence-electron chi connectivity index (χ4n) is 4.49. The fourth-order valence-corrected chi connectivity index (χ4v) is 4.49. The zero-order chi connectivity index (χ0) is 23.2. The van der Waals surface area contributed by atoms with Crippen LogP contribution in [-0.4, -0.2) is 0 Å². The Labute approximate surface area is 205 Å². The zero-order valence-electron chi connectivity index (χ0n) is 21.4. The van der Waals surface area contributed by atoms with Crippen LogP contribution in [0.1, 0.15) is 116 Å². The molecule has 0 amide bonds. The maximum Gasteiger partial charge on any atom is 0.0455 e. The average molecular weight is 448 g/mol. The Morgan fingerprint density at radius 3 is 1.24 bits per heavy atom. The number of benzene rings is 2. The van der Waals surface area contributed by atoms with Gasteiger partial charge in [0.15, 0.2) is 0 Å². The van der Waals surface area contributed by atoms with Gasteiger partial charge in [-0.05, 0) is 37.1 Å². The average Bonchev–Trinajstić information content (AvgIpc) is 2.86. The molecule has 0 spiro atoms. The summed E-state index contributed by atoms with van der Waals surface area (Å²) in [5, 5.41) is 0. The molecule has 0 aliphatic rings. The molecule has 0 heterocycles. The summed E-state index contributed by atoms with van der Waals surface area (Å²) in [7, 11) is 0. The second kappa shape index (κ2) is 19.4. The number of hydrogen-bond donors (Lipinski definition) is 0. The van der Waals surface area contributed by atoms with E-state index in [0.717, 1.165) is 6.42 Å². The molecule has 0 radical (unpaired) electrons. The monoisotopic (exact) mass is 447 g/mol. The minimum absolute atomic E-state index is 1.16. The van der Waals surface area contributed by atoms with Gasteiger partial charge in [-0.1, -0.05) is 146 Å². The van der Waals surface area contributed by atoms with Crippen LogP contribution < -0.4 is 4.90 Å². The fraction of sp³-hybridized carbons (Fsp3) is 0.562. The number of anilines is 2. The van der Waals surface area contributed by atoms with E-state index in [9.17, 15) is 0 Å². The number of hydrogen-bond acceptors (Lipinski definition) is 1. The van der Waals surface area contributed by atoms with Crippen LogP contribution >= 0.6 is 0 Å². The Morgan fingerprint density at radius 1 is 0.485 bits per heavy atom. The molecular formula is C32H49N. The predicted molar refractivity (Wildman–Crippen MR) is 148 cm³/mol. The summed E-state index contributed by atoms with van der Waals surface area (Å²) >= 11 is 0. The van der Waals surface area contributed by atoms with Gasteiger partial charge in [-0.2, -0.15) is 0 Å². The van der Waals surface area contributed by atoms with Crippen LogP contribution in [0.3, 0.4) is 0 Å². The molecule has 2 rings (SSSR count). The maximum absolute atomic E-state index is 2.34. The minimum atomic E-state index is 1.16. The van der Waals surface area contributed by atoms with Gasteiger partial charge in [0.25, 0.3) is 0 Å². The van der Waals surface area contributed by atoms with Crippen molar-refractivity contribution < 1.29 is 0 Å². The largest absolute Gasteiger partial charge is 0.318 e. The van der Waals surface area contributed by atoms with Crippen LogP contribution in [0.4, 0.5) is 11.4 Å². The van der Waals surface area contributed by atoms with Crippen molar-refractivity contribution in [3.63, 3.8) is 0 Å². The Balaban J connectivity index is 1.46. The third-order valence-electron chi connectivity index (χ3n) is 6.55. The quantitative estimate of drug-likeness (QED) is 0.182. The SMILES string of the molecule is CCCCCCCCCCCCCCCCCC/C=C/N(c1ccccc1)c1ccccc1. The highest BCUT2D eigenvalue weighted by molar-refractivity contribution is 5.65. The van der Waals surface area contributed by atoms with Gasteiger partial charge in [0, 0.05) is 17.6 Å². The van der Waals surface area contributed by atoms with Gasteiger partial charge < -0.3 is 4.90 Å². The van der Waals surface area contributed by atoms with Crippen molar-refractivity contribution in [1.82, 2.24) is 0 Å². The Bertz CT molecular complexity index is 651. The number of para-hydroxylation sites is 2. The zero-order valence-corrected chi connectivity index (χ0v) is 21.4. The smallest absolute Gasteiger partial charge is 0.0455 e. The van der Waals surface area contributed by atoms with Crippen molar-refractivity contribution in [2.75, 3.05) is 4.90 Å². The Kier molecular flexibility index (Phi) is 16.0. The Morgan fingerprint density at radius 2 is 0.848 bits per heavy atom. The lowest BCUT2D eigenvalue weighted by atomic mass is 10.0. The highest BCUT2D eigenvalue weighted by atomic mass is 15.1. The molecule has 182 valence electrons. The molecule has 0 aliphatic carbocycles. The number of allylic oxidation sites excluding steroid dienone is 1.